The third-order valence-corrected chi connectivity index (χ3v) is 2.39. The molecule has 0 spiro atoms. The summed E-state index contributed by atoms with van der Waals surface area (Å²) < 4.78 is 5.17. The quantitative estimate of drug-likeness (QED) is 0.873. The summed E-state index contributed by atoms with van der Waals surface area (Å²) in [4.78, 5) is 13.3. The van der Waals surface area contributed by atoms with Gasteiger partial charge in [-0.2, -0.15) is 0 Å². The molecule has 1 aromatic rings. The van der Waals surface area contributed by atoms with Crippen LogP contribution in [0.25, 0.3) is 0 Å². The highest BCUT2D eigenvalue weighted by atomic mass is 16.6. The molecule has 0 aliphatic carbocycles. The predicted octanol–water partition coefficient (Wildman–Crippen LogP) is 2.37. The highest BCUT2D eigenvalue weighted by Gasteiger charge is 2.15. The van der Waals surface area contributed by atoms with E-state index in [4.69, 9.17) is 10.5 Å². The van der Waals surface area contributed by atoms with Gasteiger partial charge in [0.2, 0.25) is 0 Å². The summed E-state index contributed by atoms with van der Waals surface area (Å²) in [5.41, 5.74) is 7.35. The number of nitrogens with two attached hydrogens (primary N) is 1. The molecule has 0 saturated carbocycles. The molecule has 0 aromatic heterocycles. The highest BCUT2D eigenvalue weighted by Crippen LogP contribution is 2.19. The smallest absolute Gasteiger partial charge is 0.414 e. The Morgan fingerprint density at radius 1 is 1.41 bits per heavy atom. The third kappa shape index (κ3) is 3.75. The summed E-state index contributed by atoms with van der Waals surface area (Å²) >= 11 is 0. The molecule has 0 unspecified atom stereocenters. The summed E-state index contributed by atoms with van der Waals surface area (Å²) in [6, 6.07) is 7.54. The van der Waals surface area contributed by atoms with Crippen molar-refractivity contribution in [1.82, 2.24) is 0 Å². The second kappa shape index (κ2) is 6.25. The van der Waals surface area contributed by atoms with Crippen LogP contribution >= 0.6 is 0 Å². The largest absolute Gasteiger partial charge is 0.449 e. The van der Waals surface area contributed by atoms with E-state index in [0.717, 1.165) is 11.3 Å². The van der Waals surface area contributed by atoms with Crippen molar-refractivity contribution in [2.45, 2.75) is 20.4 Å². The molecule has 1 rings (SSSR count). The van der Waals surface area contributed by atoms with Gasteiger partial charge in [0, 0.05) is 13.6 Å². The van der Waals surface area contributed by atoms with Crippen LogP contribution in [0, 0.1) is 5.92 Å². The Bertz CT molecular complexity index is 377. The lowest BCUT2D eigenvalue weighted by Gasteiger charge is -2.20. The van der Waals surface area contributed by atoms with E-state index >= 15 is 0 Å². The van der Waals surface area contributed by atoms with Crippen LogP contribution < -0.4 is 10.6 Å². The van der Waals surface area contributed by atoms with Crippen LogP contribution in [0.2, 0.25) is 0 Å². The maximum Gasteiger partial charge on any atom is 0.414 e. The fourth-order valence-electron chi connectivity index (χ4n) is 1.44. The second-order valence-corrected chi connectivity index (χ2v) is 4.36. The standard InChI is InChI=1S/C13H20N2O2/c1-10(2)9-17-13(16)15(3)12-7-5-4-6-11(12)8-14/h4-7,10H,8-9,14H2,1-3H3. The molecule has 0 bridgehead atoms. The van der Waals surface area contributed by atoms with Gasteiger partial charge in [0.15, 0.2) is 0 Å². The minimum absolute atomic E-state index is 0.331. The lowest BCUT2D eigenvalue weighted by molar-refractivity contribution is 0.141. The zero-order chi connectivity index (χ0) is 12.8. The van der Waals surface area contributed by atoms with Crippen LogP contribution in [0.15, 0.2) is 24.3 Å². The van der Waals surface area contributed by atoms with Gasteiger partial charge in [0.1, 0.15) is 0 Å². The molecule has 17 heavy (non-hydrogen) atoms. The summed E-state index contributed by atoms with van der Waals surface area (Å²) in [6.07, 6.45) is -0.348. The fraction of sp³-hybridized carbons (Fsp3) is 0.462. The zero-order valence-corrected chi connectivity index (χ0v) is 10.6. The van der Waals surface area contributed by atoms with Crippen molar-refractivity contribution >= 4 is 11.8 Å². The molecular weight excluding hydrogens is 216 g/mol. The Labute approximate surface area is 102 Å². The number of hydrogen-bond acceptors (Lipinski definition) is 3. The molecular formula is C13H20N2O2. The molecule has 0 atom stereocenters. The minimum atomic E-state index is -0.348. The van der Waals surface area contributed by atoms with Gasteiger partial charge < -0.3 is 10.5 Å². The van der Waals surface area contributed by atoms with Crippen LogP contribution in [0.1, 0.15) is 19.4 Å². The first-order chi connectivity index (χ1) is 8.06. The number of rotatable bonds is 4. The van der Waals surface area contributed by atoms with E-state index in [0.29, 0.717) is 19.1 Å². The van der Waals surface area contributed by atoms with Gasteiger partial charge in [-0.25, -0.2) is 4.79 Å². The van der Waals surface area contributed by atoms with Crippen molar-refractivity contribution in [3.05, 3.63) is 29.8 Å². The van der Waals surface area contributed by atoms with Gasteiger partial charge in [-0.15, -0.1) is 0 Å². The number of carbonyl (C=O) groups excluding carboxylic acids is 1. The monoisotopic (exact) mass is 236 g/mol. The van der Waals surface area contributed by atoms with E-state index in [9.17, 15) is 4.79 Å². The summed E-state index contributed by atoms with van der Waals surface area (Å²) in [5, 5.41) is 0. The van der Waals surface area contributed by atoms with Crippen molar-refractivity contribution in [3.63, 3.8) is 0 Å². The Kier molecular flexibility index (Phi) is 4.97. The number of benzene rings is 1. The van der Waals surface area contributed by atoms with Crippen LogP contribution in [-0.4, -0.2) is 19.7 Å². The fourth-order valence-corrected chi connectivity index (χ4v) is 1.44. The highest BCUT2D eigenvalue weighted by molar-refractivity contribution is 5.87. The van der Waals surface area contributed by atoms with Crippen LogP contribution in [0.4, 0.5) is 10.5 Å². The lowest BCUT2D eigenvalue weighted by atomic mass is 10.1. The molecule has 94 valence electrons. The molecule has 2 N–H and O–H groups in total. The zero-order valence-electron chi connectivity index (χ0n) is 10.6. The third-order valence-electron chi connectivity index (χ3n) is 2.39. The SMILES string of the molecule is CC(C)COC(=O)N(C)c1ccccc1CN. The van der Waals surface area contributed by atoms with E-state index in [1.165, 1.54) is 4.90 Å². The van der Waals surface area contributed by atoms with E-state index < -0.39 is 0 Å². The Balaban J connectivity index is 2.74. The molecule has 4 nitrogen and oxygen atoms in total. The number of amides is 1. The van der Waals surface area contributed by atoms with Gasteiger partial charge >= 0.3 is 6.09 Å². The van der Waals surface area contributed by atoms with E-state index in [1.807, 2.05) is 38.1 Å². The van der Waals surface area contributed by atoms with Crippen molar-refractivity contribution in [2.75, 3.05) is 18.6 Å². The van der Waals surface area contributed by atoms with E-state index in [-0.39, 0.29) is 6.09 Å². The van der Waals surface area contributed by atoms with E-state index in [1.54, 1.807) is 7.05 Å². The normalized spacial score (nSPS) is 10.4. The average Bonchev–Trinajstić information content (AvgIpc) is 2.34. The molecule has 1 aromatic carbocycles. The Morgan fingerprint density at radius 3 is 2.65 bits per heavy atom. The summed E-state index contributed by atoms with van der Waals surface area (Å²) in [6.45, 7) is 4.83. The molecule has 0 radical (unpaired) electrons. The van der Waals surface area contributed by atoms with Gasteiger partial charge in [0.25, 0.3) is 0 Å². The van der Waals surface area contributed by atoms with Crippen molar-refractivity contribution < 1.29 is 9.53 Å². The Hall–Kier alpha value is -1.55. The Morgan fingerprint density at radius 2 is 2.06 bits per heavy atom. The van der Waals surface area contributed by atoms with Gasteiger partial charge in [-0.1, -0.05) is 32.0 Å². The van der Waals surface area contributed by atoms with E-state index in [2.05, 4.69) is 0 Å². The number of hydrogen-bond donors (Lipinski definition) is 1. The number of carbonyl (C=O) groups is 1. The van der Waals surface area contributed by atoms with Crippen molar-refractivity contribution in [3.8, 4) is 0 Å². The van der Waals surface area contributed by atoms with Crippen molar-refractivity contribution in [2.24, 2.45) is 11.7 Å². The number of anilines is 1. The number of para-hydroxylation sites is 1. The molecule has 0 fully saturated rings. The first-order valence-electron chi connectivity index (χ1n) is 5.74. The number of ether oxygens (including phenoxy) is 1. The first-order valence-corrected chi connectivity index (χ1v) is 5.74. The number of nitrogens with zero attached hydrogens (tertiary/aromatic N) is 1. The first kappa shape index (κ1) is 13.5. The van der Waals surface area contributed by atoms with Gasteiger partial charge in [-0.3, -0.25) is 4.90 Å². The maximum absolute atomic E-state index is 11.8. The molecule has 0 heterocycles. The summed E-state index contributed by atoms with van der Waals surface area (Å²) in [5.74, 6) is 0.331. The minimum Gasteiger partial charge on any atom is -0.449 e. The molecule has 0 aliphatic heterocycles. The summed E-state index contributed by atoms with van der Waals surface area (Å²) in [7, 11) is 1.69. The maximum atomic E-state index is 11.8. The van der Waals surface area contributed by atoms with Crippen molar-refractivity contribution in [1.29, 1.82) is 0 Å². The topological polar surface area (TPSA) is 55.6 Å². The van der Waals surface area contributed by atoms with Crippen LogP contribution in [0.3, 0.4) is 0 Å². The molecule has 1 amide bonds. The van der Waals surface area contributed by atoms with Crippen LogP contribution in [-0.2, 0) is 11.3 Å². The molecule has 0 saturated heterocycles. The second-order valence-electron chi connectivity index (χ2n) is 4.36. The molecule has 4 heteroatoms. The average molecular weight is 236 g/mol. The predicted molar refractivity (Wildman–Crippen MR) is 68.9 cm³/mol. The molecule has 0 aliphatic rings. The van der Waals surface area contributed by atoms with Gasteiger partial charge in [0.05, 0.1) is 12.3 Å². The van der Waals surface area contributed by atoms with Gasteiger partial charge in [-0.05, 0) is 17.5 Å². The lowest BCUT2D eigenvalue weighted by Crippen LogP contribution is -2.29. The van der Waals surface area contributed by atoms with Crippen LogP contribution in [0.5, 0.6) is 0 Å².